The minimum Gasteiger partial charge on any atom is -0.293 e. The van der Waals surface area contributed by atoms with E-state index >= 15 is 0 Å². The first-order valence-corrected chi connectivity index (χ1v) is 7.47. The van der Waals surface area contributed by atoms with E-state index in [9.17, 15) is 4.79 Å². The number of aryl methyl sites for hydroxylation is 2. The smallest absolute Gasteiger partial charge is 0.177 e. The molecule has 0 aliphatic rings. The van der Waals surface area contributed by atoms with Crippen LogP contribution in [0.15, 0.2) is 48.5 Å². The lowest BCUT2D eigenvalue weighted by Crippen LogP contribution is -2.29. The Hall–Kier alpha value is -1.93. The van der Waals surface area contributed by atoms with Crippen LogP contribution in [0.1, 0.15) is 34.0 Å². The third-order valence-corrected chi connectivity index (χ3v) is 3.76. The molecule has 0 saturated carbocycles. The van der Waals surface area contributed by atoms with Gasteiger partial charge in [-0.1, -0.05) is 55.0 Å². The van der Waals surface area contributed by atoms with Crippen LogP contribution in [0, 0.1) is 13.8 Å². The van der Waals surface area contributed by atoms with E-state index < -0.39 is 0 Å². The maximum Gasteiger partial charge on any atom is 0.177 e. The number of carbonyl (C=O) groups excluding carboxylic acids is 1. The highest BCUT2D eigenvalue weighted by molar-refractivity contribution is 5.99. The number of carbonyl (C=O) groups is 1. The monoisotopic (exact) mass is 281 g/mol. The Morgan fingerprint density at radius 2 is 1.76 bits per heavy atom. The molecule has 2 nitrogen and oxygen atoms in total. The molecule has 0 aliphatic carbocycles. The van der Waals surface area contributed by atoms with Gasteiger partial charge in [0.25, 0.3) is 0 Å². The average molecular weight is 281 g/mol. The van der Waals surface area contributed by atoms with Crippen molar-refractivity contribution in [2.75, 3.05) is 13.1 Å². The van der Waals surface area contributed by atoms with Crippen molar-refractivity contribution in [3.63, 3.8) is 0 Å². The number of benzene rings is 2. The molecule has 0 radical (unpaired) electrons. The first-order chi connectivity index (χ1) is 10.1. The van der Waals surface area contributed by atoms with Gasteiger partial charge in [-0.2, -0.15) is 0 Å². The SMILES string of the molecule is CCN(CC(=O)c1cc(C)ccc1C)Cc1ccccc1. The van der Waals surface area contributed by atoms with Gasteiger partial charge >= 0.3 is 0 Å². The summed E-state index contributed by atoms with van der Waals surface area (Å²) < 4.78 is 0. The summed E-state index contributed by atoms with van der Waals surface area (Å²) in [6, 6.07) is 16.4. The van der Waals surface area contributed by atoms with Gasteiger partial charge in [-0.05, 0) is 37.6 Å². The van der Waals surface area contributed by atoms with Gasteiger partial charge < -0.3 is 0 Å². The molecule has 2 rings (SSSR count). The van der Waals surface area contributed by atoms with Gasteiger partial charge in [0.05, 0.1) is 6.54 Å². The third-order valence-electron chi connectivity index (χ3n) is 3.76. The maximum atomic E-state index is 12.5. The van der Waals surface area contributed by atoms with Crippen molar-refractivity contribution in [2.24, 2.45) is 0 Å². The molecule has 0 aliphatic heterocycles. The van der Waals surface area contributed by atoms with Crippen LogP contribution in [-0.2, 0) is 6.54 Å². The highest BCUT2D eigenvalue weighted by Crippen LogP contribution is 2.13. The van der Waals surface area contributed by atoms with E-state index in [2.05, 4.69) is 24.0 Å². The predicted molar refractivity (Wildman–Crippen MR) is 87.6 cm³/mol. The minimum absolute atomic E-state index is 0.203. The van der Waals surface area contributed by atoms with Crippen LogP contribution in [0.5, 0.6) is 0 Å². The average Bonchev–Trinajstić information content (AvgIpc) is 2.50. The summed E-state index contributed by atoms with van der Waals surface area (Å²) in [7, 11) is 0. The molecular formula is C19H23NO. The molecule has 21 heavy (non-hydrogen) atoms. The number of Topliss-reactive ketones (excluding diaryl/α,β-unsaturated/α-hetero) is 1. The lowest BCUT2D eigenvalue weighted by Gasteiger charge is -2.20. The lowest BCUT2D eigenvalue weighted by molar-refractivity contribution is 0.0929. The summed E-state index contributed by atoms with van der Waals surface area (Å²) in [5.74, 6) is 0.203. The molecule has 2 aromatic carbocycles. The van der Waals surface area contributed by atoms with E-state index in [1.165, 1.54) is 5.56 Å². The Kier molecular flexibility index (Phi) is 5.29. The Balaban J connectivity index is 2.07. The summed E-state index contributed by atoms with van der Waals surface area (Å²) >= 11 is 0. The van der Waals surface area contributed by atoms with Gasteiger partial charge in [-0.15, -0.1) is 0 Å². The Labute approximate surface area is 127 Å². The van der Waals surface area contributed by atoms with Crippen LogP contribution in [0.2, 0.25) is 0 Å². The zero-order valence-electron chi connectivity index (χ0n) is 13.1. The molecule has 2 aromatic rings. The van der Waals surface area contributed by atoms with Crippen molar-refractivity contribution in [2.45, 2.75) is 27.3 Å². The number of hydrogen-bond donors (Lipinski definition) is 0. The second-order valence-corrected chi connectivity index (χ2v) is 5.53. The van der Waals surface area contributed by atoms with Gasteiger partial charge in [-0.3, -0.25) is 9.69 Å². The van der Waals surface area contributed by atoms with Crippen LogP contribution >= 0.6 is 0 Å². The van der Waals surface area contributed by atoms with Crippen molar-refractivity contribution >= 4 is 5.78 Å². The van der Waals surface area contributed by atoms with E-state index in [1.807, 2.05) is 50.2 Å². The molecule has 0 bridgehead atoms. The topological polar surface area (TPSA) is 20.3 Å². The van der Waals surface area contributed by atoms with Gasteiger partial charge in [-0.25, -0.2) is 0 Å². The molecule has 0 saturated heterocycles. The molecule has 0 heterocycles. The Morgan fingerprint density at radius 1 is 1.05 bits per heavy atom. The second kappa shape index (κ2) is 7.19. The fraction of sp³-hybridized carbons (Fsp3) is 0.316. The van der Waals surface area contributed by atoms with Crippen LogP contribution in [0.3, 0.4) is 0 Å². The van der Waals surface area contributed by atoms with E-state index in [0.717, 1.165) is 29.8 Å². The van der Waals surface area contributed by atoms with Crippen molar-refractivity contribution in [1.29, 1.82) is 0 Å². The zero-order valence-corrected chi connectivity index (χ0v) is 13.1. The summed E-state index contributed by atoms with van der Waals surface area (Å²) in [6.07, 6.45) is 0. The Morgan fingerprint density at radius 3 is 2.43 bits per heavy atom. The molecule has 110 valence electrons. The summed E-state index contributed by atoms with van der Waals surface area (Å²) in [6.45, 7) is 8.27. The molecule has 0 fully saturated rings. The number of rotatable bonds is 6. The summed E-state index contributed by atoms with van der Waals surface area (Å²) in [5.41, 5.74) is 4.28. The standard InChI is InChI=1S/C19H23NO/c1-4-20(13-17-8-6-5-7-9-17)14-19(21)18-12-15(2)10-11-16(18)3/h5-12H,4,13-14H2,1-3H3. The molecule has 0 amide bonds. The molecular weight excluding hydrogens is 258 g/mol. The van der Waals surface area contributed by atoms with E-state index in [-0.39, 0.29) is 5.78 Å². The van der Waals surface area contributed by atoms with Gasteiger partial charge in [0.1, 0.15) is 0 Å². The number of nitrogens with zero attached hydrogens (tertiary/aromatic N) is 1. The van der Waals surface area contributed by atoms with Crippen LogP contribution in [0.4, 0.5) is 0 Å². The minimum atomic E-state index is 0.203. The van der Waals surface area contributed by atoms with Gasteiger partial charge in [0, 0.05) is 12.1 Å². The third kappa shape index (κ3) is 4.27. The highest BCUT2D eigenvalue weighted by atomic mass is 16.1. The van der Waals surface area contributed by atoms with E-state index in [1.54, 1.807) is 0 Å². The van der Waals surface area contributed by atoms with Crippen LogP contribution in [0.25, 0.3) is 0 Å². The van der Waals surface area contributed by atoms with Crippen LogP contribution in [-0.4, -0.2) is 23.8 Å². The first kappa shape index (κ1) is 15.5. The molecule has 0 unspecified atom stereocenters. The zero-order chi connectivity index (χ0) is 15.2. The second-order valence-electron chi connectivity index (χ2n) is 5.53. The number of likely N-dealkylation sites (N-methyl/N-ethyl adjacent to an activating group) is 1. The maximum absolute atomic E-state index is 12.5. The van der Waals surface area contributed by atoms with Crippen LogP contribution < -0.4 is 0 Å². The molecule has 2 heteroatoms. The van der Waals surface area contributed by atoms with Gasteiger partial charge in [0.15, 0.2) is 5.78 Å². The van der Waals surface area contributed by atoms with Crippen molar-refractivity contribution < 1.29 is 4.79 Å². The first-order valence-electron chi connectivity index (χ1n) is 7.47. The van der Waals surface area contributed by atoms with Crippen molar-refractivity contribution in [1.82, 2.24) is 4.90 Å². The molecule has 0 spiro atoms. The quantitative estimate of drug-likeness (QED) is 0.746. The van der Waals surface area contributed by atoms with Crippen molar-refractivity contribution in [3.8, 4) is 0 Å². The fourth-order valence-corrected chi connectivity index (χ4v) is 2.45. The molecule has 0 atom stereocenters. The number of ketones is 1. The lowest BCUT2D eigenvalue weighted by atomic mass is 10.0. The normalized spacial score (nSPS) is 10.9. The van der Waals surface area contributed by atoms with E-state index in [0.29, 0.717) is 6.54 Å². The highest BCUT2D eigenvalue weighted by Gasteiger charge is 2.13. The van der Waals surface area contributed by atoms with E-state index in [4.69, 9.17) is 0 Å². The molecule has 0 N–H and O–H groups in total. The largest absolute Gasteiger partial charge is 0.293 e. The van der Waals surface area contributed by atoms with Crippen molar-refractivity contribution in [3.05, 3.63) is 70.8 Å². The Bertz CT molecular complexity index is 604. The fourth-order valence-electron chi connectivity index (χ4n) is 2.45. The summed E-state index contributed by atoms with van der Waals surface area (Å²) in [4.78, 5) is 14.7. The predicted octanol–water partition coefficient (Wildman–Crippen LogP) is 4.01. The summed E-state index contributed by atoms with van der Waals surface area (Å²) in [5, 5.41) is 0. The number of hydrogen-bond acceptors (Lipinski definition) is 2. The van der Waals surface area contributed by atoms with Gasteiger partial charge in [0.2, 0.25) is 0 Å². The molecule has 0 aromatic heterocycles.